The summed E-state index contributed by atoms with van der Waals surface area (Å²) < 4.78 is 5.07. The molecule has 0 unspecified atom stereocenters. The van der Waals surface area contributed by atoms with Crippen molar-refractivity contribution in [1.29, 1.82) is 0 Å². The Balaban J connectivity index is 2.05. The normalized spacial score (nSPS) is 18.1. The molecule has 1 saturated heterocycles. The van der Waals surface area contributed by atoms with Gasteiger partial charge in [0.15, 0.2) is 0 Å². The summed E-state index contributed by atoms with van der Waals surface area (Å²) in [5.74, 6) is 1.96. The Morgan fingerprint density at radius 1 is 1.70 bits per heavy atom. The highest BCUT2D eigenvalue weighted by Gasteiger charge is 2.21. The molecule has 0 N–H and O–H groups in total. The van der Waals surface area contributed by atoms with E-state index in [-0.39, 0.29) is 12.1 Å². The molecular formula is C7H12O2S. The third-order valence-corrected chi connectivity index (χ3v) is 2.57. The predicted octanol–water partition coefficient (Wildman–Crippen LogP) is 1.45. The molecule has 58 valence electrons. The van der Waals surface area contributed by atoms with Crippen LogP contribution in [0.4, 0.5) is 0 Å². The summed E-state index contributed by atoms with van der Waals surface area (Å²) in [4.78, 5) is 10.8. The standard InChI is InChI=1S/C7H12O2S/c1-2-3-7(8)9-6-4-10-5-6/h6H,2-5H2,1H3. The van der Waals surface area contributed by atoms with E-state index in [9.17, 15) is 4.79 Å². The van der Waals surface area contributed by atoms with Crippen LogP contribution in [-0.4, -0.2) is 23.6 Å². The van der Waals surface area contributed by atoms with Crippen molar-refractivity contribution in [1.82, 2.24) is 0 Å². The lowest BCUT2D eigenvalue weighted by molar-refractivity contribution is -0.147. The Kier molecular flexibility index (Phi) is 3.06. The molecular weight excluding hydrogens is 148 g/mol. The highest BCUT2D eigenvalue weighted by Crippen LogP contribution is 2.20. The Labute approximate surface area is 65.3 Å². The molecule has 10 heavy (non-hydrogen) atoms. The number of carbonyl (C=O) groups is 1. The number of rotatable bonds is 3. The van der Waals surface area contributed by atoms with E-state index in [1.54, 1.807) is 0 Å². The van der Waals surface area contributed by atoms with Crippen LogP contribution < -0.4 is 0 Å². The molecule has 1 fully saturated rings. The lowest BCUT2D eigenvalue weighted by Gasteiger charge is -2.24. The van der Waals surface area contributed by atoms with Gasteiger partial charge >= 0.3 is 5.97 Å². The van der Waals surface area contributed by atoms with Crippen molar-refractivity contribution < 1.29 is 9.53 Å². The Morgan fingerprint density at radius 3 is 2.80 bits per heavy atom. The third kappa shape index (κ3) is 2.21. The summed E-state index contributed by atoms with van der Waals surface area (Å²) in [6.45, 7) is 1.98. The fourth-order valence-electron chi connectivity index (χ4n) is 0.731. The van der Waals surface area contributed by atoms with Gasteiger partial charge in [0.05, 0.1) is 0 Å². The van der Waals surface area contributed by atoms with Crippen molar-refractivity contribution in [3.8, 4) is 0 Å². The first-order chi connectivity index (χ1) is 4.83. The van der Waals surface area contributed by atoms with E-state index in [1.165, 1.54) is 0 Å². The molecule has 0 aromatic carbocycles. The summed E-state index contributed by atoms with van der Waals surface area (Å²) in [7, 11) is 0. The first-order valence-corrected chi connectivity index (χ1v) is 4.75. The third-order valence-electron chi connectivity index (χ3n) is 1.36. The molecule has 3 heteroatoms. The molecule has 1 heterocycles. The fourth-order valence-corrected chi connectivity index (χ4v) is 1.30. The molecule has 1 aliphatic rings. The first kappa shape index (κ1) is 7.92. The lowest BCUT2D eigenvalue weighted by atomic mass is 10.3. The van der Waals surface area contributed by atoms with Crippen molar-refractivity contribution in [2.24, 2.45) is 0 Å². The van der Waals surface area contributed by atoms with Gasteiger partial charge in [-0.2, -0.15) is 11.8 Å². The fraction of sp³-hybridized carbons (Fsp3) is 0.857. The zero-order valence-corrected chi connectivity index (χ0v) is 6.95. The monoisotopic (exact) mass is 160 g/mol. The minimum Gasteiger partial charge on any atom is -0.461 e. The van der Waals surface area contributed by atoms with Crippen LogP contribution in [0.5, 0.6) is 0 Å². The first-order valence-electron chi connectivity index (χ1n) is 3.60. The molecule has 0 radical (unpaired) electrons. The Morgan fingerprint density at radius 2 is 2.40 bits per heavy atom. The van der Waals surface area contributed by atoms with E-state index >= 15 is 0 Å². The number of carbonyl (C=O) groups excluding carboxylic acids is 1. The molecule has 0 aromatic rings. The summed E-state index contributed by atoms with van der Waals surface area (Å²) in [6.07, 6.45) is 1.68. The molecule has 0 amide bonds. The van der Waals surface area contributed by atoms with Crippen molar-refractivity contribution in [3.05, 3.63) is 0 Å². The molecule has 0 saturated carbocycles. The number of thioether (sulfide) groups is 1. The number of hydrogen-bond donors (Lipinski definition) is 0. The van der Waals surface area contributed by atoms with Crippen molar-refractivity contribution >= 4 is 17.7 Å². The average Bonchev–Trinajstić information content (AvgIpc) is 1.80. The van der Waals surface area contributed by atoms with Crippen LogP contribution in [0.15, 0.2) is 0 Å². The van der Waals surface area contributed by atoms with Gasteiger partial charge in [-0.3, -0.25) is 4.79 Å². The maximum atomic E-state index is 10.8. The van der Waals surface area contributed by atoms with Crippen LogP contribution >= 0.6 is 11.8 Å². The van der Waals surface area contributed by atoms with Crippen LogP contribution in [0.2, 0.25) is 0 Å². The number of esters is 1. The van der Waals surface area contributed by atoms with Gasteiger partial charge < -0.3 is 4.74 Å². The van der Waals surface area contributed by atoms with E-state index in [0.717, 1.165) is 17.9 Å². The van der Waals surface area contributed by atoms with E-state index in [2.05, 4.69) is 0 Å². The molecule has 0 atom stereocenters. The largest absolute Gasteiger partial charge is 0.461 e. The minimum absolute atomic E-state index is 0.0344. The molecule has 0 spiro atoms. The molecule has 0 aromatic heterocycles. The molecule has 1 rings (SSSR count). The maximum absolute atomic E-state index is 10.8. The topological polar surface area (TPSA) is 26.3 Å². The summed E-state index contributed by atoms with van der Waals surface area (Å²) in [5.41, 5.74) is 0. The van der Waals surface area contributed by atoms with Crippen LogP contribution in [0.25, 0.3) is 0 Å². The van der Waals surface area contributed by atoms with E-state index in [1.807, 2.05) is 18.7 Å². The van der Waals surface area contributed by atoms with Gasteiger partial charge in [0.1, 0.15) is 6.10 Å². The van der Waals surface area contributed by atoms with Crippen LogP contribution in [0.3, 0.4) is 0 Å². The van der Waals surface area contributed by atoms with E-state index in [0.29, 0.717) is 6.42 Å². The van der Waals surface area contributed by atoms with Crippen molar-refractivity contribution in [2.75, 3.05) is 11.5 Å². The Hall–Kier alpha value is -0.180. The van der Waals surface area contributed by atoms with Crippen LogP contribution in [0, 0.1) is 0 Å². The van der Waals surface area contributed by atoms with E-state index < -0.39 is 0 Å². The summed E-state index contributed by atoms with van der Waals surface area (Å²) in [5, 5.41) is 0. The summed E-state index contributed by atoms with van der Waals surface area (Å²) in [6, 6.07) is 0. The van der Waals surface area contributed by atoms with E-state index in [4.69, 9.17) is 4.74 Å². The second-order valence-corrected chi connectivity index (χ2v) is 3.47. The molecule has 2 nitrogen and oxygen atoms in total. The molecule has 1 aliphatic heterocycles. The number of hydrogen-bond acceptors (Lipinski definition) is 3. The second-order valence-electron chi connectivity index (χ2n) is 2.40. The molecule has 0 bridgehead atoms. The van der Waals surface area contributed by atoms with Gasteiger partial charge in [-0.25, -0.2) is 0 Å². The summed E-state index contributed by atoms with van der Waals surface area (Å²) >= 11 is 1.83. The van der Waals surface area contributed by atoms with Gasteiger partial charge in [-0.15, -0.1) is 0 Å². The zero-order valence-electron chi connectivity index (χ0n) is 6.13. The van der Waals surface area contributed by atoms with Gasteiger partial charge in [0.2, 0.25) is 0 Å². The minimum atomic E-state index is -0.0344. The smallest absolute Gasteiger partial charge is 0.306 e. The Bertz CT molecular complexity index is 121. The van der Waals surface area contributed by atoms with Gasteiger partial charge in [-0.05, 0) is 6.42 Å². The SMILES string of the molecule is CCCC(=O)OC1CSC1. The van der Waals surface area contributed by atoms with Gasteiger partial charge in [-0.1, -0.05) is 6.92 Å². The number of ether oxygens (including phenoxy) is 1. The average molecular weight is 160 g/mol. The van der Waals surface area contributed by atoms with Gasteiger partial charge in [0, 0.05) is 17.9 Å². The quantitative estimate of drug-likeness (QED) is 0.584. The second kappa shape index (κ2) is 3.86. The van der Waals surface area contributed by atoms with Crippen LogP contribution in [-0.2, 0) is 9.53 Å². The highest BCUT2D eigenvalue weighted by molar-refractivity contribution is 8.00. The van der Waals surface area contributed by atoms with Crippen molar-refractivity contribution in [3.63, 3.8) is 0 Å². The molecule has 0 aliphatic carbocycles. The van der Waals surface area contributed by atoms with Crippen LogP contribution in [0.1, 0.15) is 19.8 Å². The van der Waals surface area contributed by atoms with Crippen molar-refractivity contribution in [2.45, 2.75) is 25.9 Å². The maximum Gasteiger partial charge on any atom is 0.306 e. The predicted molar refractivity (Wildman–Crippen MR) is 42.1 cm³/mol. The lowest BCUT2D eigenvalue weighted by Crippen LogP contribution is -2.30. The van der Waals surface area contributed by atoms with Gasteiger partial charge in [0.25, 0.3) is 0 Å². The highest BCUT2D eigenvalue weighted by atomic mass is 32.2. The zero-order chi connectivity index (χ0) is 7.40.